The number of hydrogen-bond donors (Lipinski definition) is 0. The smallest absolute Gasteiger partial charge is 0.259 e. The van der Waals surface area contributed by atoms with Crippen LogP contribution in [0.1, 0.15) is 12.8 Å². The van der Waals surface area contributed by atoms with Gasteiger partial charge in [-0.1, -0.05) is 6.07 Å². The molecule has 3 aromatic heterocycles. The molecule has 0 radical (unpaired) electrons. The fourth-order valence-electron chi connectivity index (χ4n) is 4.32. The molecule has 0 saturated carbocycles. The number of nitrogens with zero attached hydrogens (tertiary/aromatic N) is 7. The molecule has 0 bridgehead atoms. The van der Waals surface area contributed by atoms with Gasteiger partial charge in [0.1, 0.15) is 17.3 Å². The van der Waals surface area contributed by atoms with E-state index in [4.69, 9.17) is 14.7 Å². The van der Waals surface area contributed by atoms with Crippen molar-refractivity contribution in [2.24, 2.45) is 0 Å². The first-order chi connectivity index (χ1) is 15.2. The van der Waals surface area contributed by atoms with Crippen molar-refractivity contribution in [1.82, 2.24) is 19.4 Å². The summed E-state index contributed by atoms with van der Waals surface area (Å²) in [5.74, 6) is 2.40. The Bertz CT molecular complexity index is 1110. The molecule has 5 rings (SSSR count). The minimum atomic E-state index is -0.0578. The van der Waals surface area contributed by atoms with Crippen molar-refractivity contribution in [3.05, 3.63) is 53.1 Å². The van der Waals surface area contributed by atoms with Gasteiger partial charge < -0.3 is 19.4 Å². The lowest BCUT2D eigenvalue weighted by Crippen LogP contribution is -2.48. The normalized spacial score (nSPS) is 19.6. The number of aromatic nitrogens is 4. The highest BCUT2D eigenvalue weighted by Crippen LogP contribution is 2.23. The lowest BCUT2D eigenvalue weighted by atomic mass is 10.0. The molecule has 0 spiro atoms. The molecule has 5 heterocycles. The number of hydrogen-bond acceptors (Lipinski definition) is 8. The third-order valence-corrected chi connectivity index (χ3v) is 6.10. The van der Waals surface area contributed by atoms with Gasteiger partial charge in [0.2, 0.25) is 5.95 Å². The summed E-state index contributed by atoms with van der Waals surface area (Å²) >= 11 is 0. The van der Waals surface area contributed by atoms with Crippen LogP contribution in [-0.4, -0.2) is 71.8 Å². The number of rotatable bonds is 4. The van der Waals surface area contributed by atoms with Crippen LogP contribution in [0.4, 0.5) is 17.6 Å². The van der Waals surface area contributed by atoms with Crippen molar-refractivity contribution < 1.29 is 4.74 Å². The third-order valence-electron chi connectivity index (χ3n) is 6.10. The van der Waals surface area contributed by atoms with Crippen LogP contribution in [0.5, 0.6) is 0 Å². The van der Waals surface area contributed by atoms with Crippen molar-refractivity contribution in [2.75, 3.05) is 61.1 Å². The maximum absolute atomic E-state index is 12.5. The molecular weight excluding hydrogens is 394 g/mol. The SMILES string of the molecule is CN(c1nccc(N2CCOCC2)n1)C1CCCN(c2cc(=O)n3ccccc3n2)C1. The van der Waals surface area contributed by atoms with Crippen molar-refractivity contribution in [3.8, 4) is 0 Å². The summed E-state index contributed by atoms with van der Waals surface area (Å²) in [5, 5.41) is 0. The third kappa shape index (κ3) is 4.05. The van der Waals surface area contributed by atoms with Crippen LogP contribution in [0, 0.1) is 0 Å². The van der Waals surface area contributed by atoms with Gasteiger partial charge in [0.25, 0.3) is 5.56 Å². The van der Waals surface area contributed by atoms with Gasteiger partial charge in [0.15, 0.2) is 0 Å². The quantitative estimate of drug-likeness (QED) is 0.626. The Morgan fingerprint density at radius 1 is 1.06 bits per heavy atom. The Hall–Kier alpha value is -3.20. The van der Waals surface area contributed by atoms with Crippen molar-refractivity contribution in [3.63, 3.8) is 0 Å². The van der Waals surface area contributed by atoms with Crippen LogP contribution in [0.15, 0.2) is 47.5 Å². The average molecular weight is 422 g/mol. The minimum Gasteiger partial charge on any atom is -0.378 e. The number of pyridine rings is 1. The van der Waals surface area contributed by atoms with Crippen LogP contribution < -0.4 is 20.3 Å². The maximum Gasteiger partial charge on any atom is 0.259 e. The van der Waals surface area contributed by atoms with Gasteiger partial charge in [-0.25, -0.2) is 9.97 Å². The predicted molar refractivity (Wildman–Crippen MR) is 120 cm³/mol. The summed E-state index contributed by atoms with van der Waals surface area (Å²) in [6.45, 7) is 4.81. The van der Waals surface area contributed by atoms with E-state index in [1.807, 2.05) is 30.5 Å². The van der Waals surface area contributed by atoms with E-state index in [0.717, 1.165) is 69.8 Å². The largest absolute Gasteiger partial charge is 0.378 e. The Kier molecular flexibility index (Phi) is 5.42. The van der Waals surface area contributed by atoms with Gasteiger partial charge in [-0.05, 0) is 31.0 Å². The average Bonchev–Trinajstić information content (AvgIpc) is 2.84. The maximum atomic E-state index is 12.5. The number of piperidine rings is 1. The first-order valence-corrected chi connectivity index (χ1v) is 10.8. The molecule has 31 heavy (non-hydrogen) atoms. The number of ether oxygens (including phenoxy) is 1. The van der Waals surface area contributed by atoms with Crippen LogP contribution in [-0.2, 0) is 4.74 Å². The zero-order chi connectivity index (χ0) is 21.2. The van der Waals surface area contributed by atoms with E-state index in [0.29, 0.717) is 5.65 Å². The summed E-state index contributed by atoms with van der Waals surface area (Å²) in [5.41, 5.74) is 0.611. The fourth-order valence-corrected chi connectivity index (χ4v) is 4.32. The molecule has 9 nitrogen and oxygen atoms in total. The highest BCUT2D eigenvalue weighted by Gasteiger charge is 2.26. The Balaban J connectivity index is 1.35. The molecule has 0 amide bonds. The summed E-state index contributed by atoms with van der Waals surface area (Å²) in [7, 11) is 2.05. The van der Waals surface area contributed by atoms with E-state index in [2.05, 4.69) is 26.7 Å². The van der Waals surface area contributed by atoms with Crippen LogP contribution in [0.3, 0.4) is 0 Å². The minimum absolute atomic E-state index is 0.0578. The summed E-state index contributed by atoms with van der Waals surface area (Å²) < 4.78 is 7.02. The van der Waals surface area contributed by atoms with E-state index >= 15 is 0 Å². The van der Waals surface area contributed by atoms with Gasteiger partial charge in [0, 0.05) is 57.7 Å². The highest BCUT2D eigenvalue weighted by atomic mass is 16.5. The molecular formula is C22H27N7O2. The fraction of sp³-hybridized carbons (Fsp3) is 0.455. The van der Waals surface area contributed by atoms with Gasteiger partial charge >= 0.3 is 0 Å². The Morgan fingerprint density at radius 3 is 2.81 bits per heavy atom. The molecule has 2 aliphatic heterocycles. The molecule has 2 aliphatic rings. The Labute approximate surface area is 180 Å². The van der Waals surface area contributed by atoms with Crippen LogP contribution in [0.25, 0.3) is 5.65 Å². The molecule has 1 unspecified atom stereocenters. The predicted octanol–water partition coefficient (Wildman–Crippen LogP) is 1.43. The molecule has 3 aromatic rings. The summed E-state index contributed by atoms with van der Waals surface area (Å²) in [4.78, 5) is 33.2. The second kappa shape index (κ2) is 8.50. The molecule has 9 heteroatoms. The van der Waals surface area contributed by atoms with Crippen LogP contribution in [0.2, 0.25) is 0 Å². The van der Waals surface area contributed by atoms with Crippen molar-refractivity contribution in [2.45, 2.75) is 18.9 Å². The first-order valence-electron chi connectivity index (χ1n) is 10.8. The van der Waals surface area contributed by atoms with Gasteiger partial charge in [0.05, 0.1) is 13.2 Å². The topological polar surface area (TPSA) is 79.1 Å². The second-order valence-corrected chi connectivity index (χ2v) is 8.05. The zero-order valence-electron chi connectivity index (χ0n) is 17.7. The molecule has 0 N–H and O–H groups in total. The molecule has 0 aliphatic carbocycles. The van der Waals surface area contributed by atoms with E-state index < -0.39 is 0 Å². The number of fused-ring (bicyclic) bond motifs is 1. The summed E-state index contributed by atoms with van der Waals surface area (Å²) in [6, 6.07) is 9.44. The Morgan fingerprint density at radius 2 is 1.94 bits per heavy atom. The lowest BCUT2D eigenvalue weighted by Gasteiger charge is -2.38. The molecule has 2 saturated heterocycles. The molecule has 1 atom stereocenters. The van der Waals surface area contributed by atoms with E-state index in [1.165, 1.54) is 0 Å². The highest BCUT2D eigenvalue weighted by molar-refractivity contribution is 5.49. The van der Waals surface area contributed by atoms with Crippen molar-refractivity contribution >= 4 is 23.2 Å². The number of morpholine rings is 1. The van der Waals surface area contributed by atoms with E-state index in [1.54, 1.807) is 16.7 Å². The van der Waals surface area contributed by atoms with Crippen molar-refractivity contribution in [1.29, 1.82) is 0 Å². The van der Waals surface area contributed by atoms with E-state index in [-0.39, 0.29) is 11.6 Å². The molecule has 0 aromatic carbocycles. The monoisotopic (exact) mass is 421 g/mol. The number of anilines is 3. The zero-order valence-corrected chi connectivity index (χ0v) is 17.7. The number of likely N-dealkylation sites (N-methyl/N-ethyl adjacent to an activating group) is 1. The van der Waals surface area contributed by atoms with Gasteiger partial charge in [-0.3, -0.25) is 9.20 Å². The molecule has 162 valence electrons. The van der Waals surface area contributed by atoms with E-state index in [9.17, 15) is 4.79 Å². The molecule has 2 fully saturated rings. The standard InChI is InChI=1S/C22H27N7O2/c1-26(22-23-8-7-18(25-22)27-11-13-31-14-12-27)17-5-4-9-28(16-17)20-15-21(30)29-10-3-2-6-19(29)24-20/h2-3,6-8,10,15,17H,4-5,9,11-14,16H2,1H3. The second-order valence-electron chi connectivity index (χ2n) is 8.05. The summed E-state index contributed by atoms with van der Waals surface area (Å²) in [6.07, 6.45) is 5.65. The lowest BCUT2D eigenvalue weighted by molar-refractivity contribution is 0.122. The van der Waals surface area contributed by atoms with Gasteiger partial charge in [-0.15, -0.1) is 0 Å². The first kappa shape index (κ1) is 19.7. The van der Waals surface area contributed by atoms with Crippen LogP contribution >= 0.6 is 0 Å². The van der Waals surface area contributed by atoms with Gasteiger partial charge in [-0.2, -0.15) is 4.98 Å².